The van der Waals surface area contributed by atoms with Gasteiger partial charge in [0.05, 0.1) is 6.85 Å². The van der Waals surface area contributed by atoms with Crippen LogP contribution < -0.4 is 0 Å². The van der Waals surface area contributed by atoms with Gasteiger partial charge in [-0.1, -0.05) is 139 Å². The fraction of sp³-hybridized carbons (Fsp3) is 0. The van der Waals surface area contributed by atoms with Crippen LogP contribution in [-0.2, 0) is 0 Å². The van der Waals surface area contributed by atoms with E-state index >= 15 is 0 Å². The molecule has 0 aliphatic carbocycles. The summed E-state index contributed by atoms with van der Waals surface area (Å²) in [5.74, 6) is 0. The van der Waals surface area contributed by atoms with Crippen molar-refractivity contribution in [1.82, 2.24) is 0 Å². The third-order valence-corrected chi connectivity index (χ3v) is 8.53. The maximum atomic E-state index is 8.81. The van der Waals surface area contributed by atoms with E-state index in [4.69, 9.17) is 11.3 Å². The van der Waals surface area contributed by atoms with Gasteiger partial charge in [-0.15, -0.1) is 0 Å². The Morgan fingerprint density at radius 1 is 0.419 bits per heavy atom. The predicted octanol–water partition coefficient (Wildman–Crippen LogP) is 12.0. The van der Waals surface area contributed by atoms with Crippen LogP contribution in [-0.4, -0.2) is 0 Å². The van der Waals surface area contributed by atoms with Gasteiger partial charge >= 0.3 is 0 Å². The molecule has 1 heteroatoms. The number of hydrogen-bond donors (Lipinski definition) is 0. The summed E-state index contributed by atoms with van der Waals surface area (Å²) in [5.41, 5.74) is 6.11. The van der Waals surface area contributed by atoms with Crippen molar-refractivity contribution < 1.29 is 11.3 Å². The largest absolute Gasteiger partial charge is 0.456 e. The summed E-state index contributed by atoms with van der Waals surface area (Å²) < 4.78 is 49.1. The molecule has 0 spiro atoms. The molecule has 1 heterocycles. The molecule has 0 fully saturated rings. The van der Waals surface area contributed by atoms with Crippen molar-refractivity contribution in [2.24, 2.45) is 0 Å². The fourth-order valence-electron chi connectivity index (χ4n) is 6.74. The van der Waals surface area contributed by atoms with E-state index in [-0.39, 0.29) is 29.7 Å². The van der Waals surface area contributed by atoms with Crippen LogP contribution in [0, 0.1) is 0 Å². The Labute approximate surface area is 256 Å². The van der Waals surface area contributed by atoms with Crippen molar-refractivity contribution in [2.45, 2.75) is 0 Å². The molecule has 9 rings (SSSR count). The summed E-state index contributed by atoms with van der Waals surface area (Å²) in [6.07, 6.45) is 0. The van der Waals surface area contributed by atoms with Gasteiger partial charge in [0.1, 0.15) is 11.2 Å². The Morgan fingerprint density at radius 3 is 1.67 bits per heavy atom. The molecule has 0 radical (unpaired) electrons. The molecule has 200 valence electrons. The quantitative estimate of drug-likeness (QED) is 0.199. The maximum absolute atomic E-state index is 8.81. The van der Waals surface area contributed by atoms with Crippen molar-refractivity contribution in [2.75, 3.05) is 0 Å². The third-order valence-electron chi connectivity index (χ3n) is 8.53. The Hall–Kier alpha value is -5.66. The lowest BCUT2D eigenvalue weighted by molar-refractivity contribution is 0.669. The Kier molecular flexibility index (Phi) is 4.27. The first kappa shape index (κ1) is 19.5. The van der Waals surface area contributed by atoms with E-state index in [0.717, 1.165) is 54.6 Å². The lowest BCUT2D eigenvalue weighted by atomic mass is 9.83. The molecule has 0 saturated carbocycles. The van der Waals surface area contributed by atoms with Crippen LogP contribution in [0.5, 0.6) is 0 Å². The van der Waals surface area contributed by atoms with Gasteiger partial charge in [0.15, 0.2) is 0 Å². The van der Waals surface area contributed by atoms with Crippen molar-refractivity contribution in [3.63, 3.8) is 0 Å². The van der Waals surface area contributed by atoms with E-state index in [2.05, 4.69) is 91.0 Å². The molecule has 0 N–H and O–H groups in total. The first-order valence-corrected chi connectivity index (χ1v) is 14.4. The highest BCUT2D eigenvalue weighted by molar-refractivity contribution is 6.27. The Balaban J connectivity index is 1.48. The second-order valence-corrected chi connectivity index (χ2v) is 10.9. The zero-order chi connectivity index (χ0) is 32.7. The molecule has 1 nitrogen and oxygen atoms in total. The van der Waals surface area contributed by atoms with E-state index in [1.165, 1.54) is 10.8 Å². The lowest BCUT2D eigenvalue weighted by Gasteiger charge is -2.19. The summed E-state index contributed by atoms with van der Waals surface area (Å²) in [5, 5.41) is 8.48. The number of para-hydroxylation sites is 1. The SMILES string of the molecule is [2H]c1c([2H])c([2H])c(-c2cc(-c3c4ccccc4c(-c4cccc5ccccc45)c4ccccc34)c3c(c2)oc2ccccc23)c([2H])c1[2H]. The van der Waals surface area contributed by atoms with Crippen LogP contribution in [0.4, 0.5) is 0 Å². The molecule has 0 saturated heterocycles. The van der Waals surface area contributed by atoms with Gasteiger partial charge in [-0.2, -0.15) is 0 Å². The molecule has 43 heavy (non-hydrogen) atoms. The summed E-state index contributed by atoms with van der Waals surface area (Å²) in [6, 6.07) is 41.8. The first-order chi connectivity index (χ1) is 23.4. The lowest BCUT2D eigenvalue weighted by Crippen LogP contribution is -1.92. The van der Waals surface area contributed by atoms with Gasteiger partial charge < -0.3 is 4.42 Å². The van der Waals surface area contributed by atoms with Crippen LogP contribution in [0.25, 0.3) is 87.6 Å². The molecule has 0 aliphatic heterocycles. The third kappa shape index (κ3) is 3.65. The molecule has 8 aromatic carbocycles. The van der Waals surface area contributed by atoms with E-state index < -0.39 is 6.04 Å². The molecule has 0 atom stereocenters. The van der Waals surface area contributed by atoms with Gasteiger partial charge in [0.25, 0.3) is 0 Å². The second kappa shape index (κ2) is 9.44. The van der Waals surface area contributed by atoms with Gasteiger partial charge in [-0.25, -0.2) is 0 Å². The fourth-order valence-corrected chi connectivity index (χ4v) is 6.74. The molecule has 9 aromatic rings. The van der Waals surface area contributed by atoms with Crippen LogP contribution >= 0.6 is 0 Å². The van der Waals surface area contributed by atoms with Crippen molar-refractivity contribution in [1.29, 1.82) is 0 Å². The highest BCUT2D eigenvalue weighted by atomic mass is 16.3. The van der Waals surface area contributed by atoms with Crippen molar-refractivity contribution >= 4 is 54.3 Å². The predicted molar refractivity (Wildman–Crippen MR) is 183 cm³/mol. The molecule has 0 unspecified atom stereocenters. The highest BCUT2D eigenvalue weighted by Gasteiger charge is 2.22. The average Bonchev–Trinajstić information content (AvgIpc) is 3.50. The first-order valence-electron chi connectivity index (χ1n) is 16.9. The minimum absolute atomic E-state index is 0.144. The van der Waals surface area contributed by atoms with E-state index in [0.29, 0.717) is 16.7 Å². The number of rotatable bonds is 3. The topological polar surface area (TPSA) is 13.1 Å². The molecule has 0 amide bonds. The van der Waals surface area contributed by atoms with Gasteiger partial charge in [0.2, 0.25) is 0 Å². The van der Waals surface area contributed by atoms with Crippen LogP contribution in [0.2, 0.25) is 0 Å². The standard InChI is InChI=1S/C42H26O/c1-2-13-27(14-3-1)29-25-37(42-36-22-10-11-24-38(36)43-39(42)26-29)41-34-20-8-6-18-32(34)40(33-19-7-9-21-35(33)41)31-23-12-16-28-15-4-5-17-30(28)31/h1-26H/i1D,2D,3D,13D,14D. The van der Waals surface area contributed by atoms with Crippen LogP contribution in [0.1, 0.15) is 6.85 Å². The van der Waals surface area contributed by atoms with Gasteiger partial charge in [-0.3, -0.25) is 0 Å². The normalized spacial score (nSPS) is 13.3. The second-order valence-electron chi connectivity index (χ2n) is 10.9. The van der Waals surface area contributed by atoms with Crippen molar-refractivity contribution in [3.8, 4) is 33.4 Å². The Morgan fingerprint density at radius 2 is 0.977 bits per heavy atom. The van der Waals surface area contributed by atoms with Crippen LogP contribution in [0.3, 0.4) is 0 Å². The minimum atomic E-state index is -0.417. The van der Waals surface area contributed by atoms with E-state index in [1.54, 1.807) is 0 Å². The number of hydrogen-bond acceptors (Lipinski definition) is 1. The highest BCUT2D eigenvalue weighted by Crippen LogP contribution is 2.48. The summed E-state index contributed by atoms with van der Waals surface area (Å²) in [7, 11) is 0. The van der Waals surface area contributed by atoms with Gasteiger partial charge in [0, 0.05) is 10.8 Å². The minimum Gasteiger partial charge on any atom is -0.456 e. The van der Waals surface area contributed by atoms with Crippen LogP contribution in [0.15, 0.2) is 162 Å². The number of furan rings is 1. The molecule has 0 aliphatic rings. The summed E-state index contributed by atoms with van der Waals surface area (Å²) in [6.45, 7) is 0. The monoisotopic (exact) mass is 551 g/mol. The zero-order valence-electron chi connectivity index (χ0n) is 28.0. The summed E-state index contributed by atoms with van der Waals surface area (Å²) >= 11 is 0. The van der Waals surface area contributed by atoms with E-state index in [1.807, 2.05) is 36.4 Å². The number of fused-ring (bicyclic) bond motifs is 6. The zero-order valence-corrected chi connectivity index (χ0v) is 23.0. The Bertz CT molecular complexity index is 2700. The number of benzene rings is 8. The van der Waals surface area contributed by atoms with Gasteiger partial charge in [-0.05, 0) is 83.9 Å². The average molecular weight is 552 g/mol. The molecular formula is C42H26O. The van der Waals surface area contributed by atoms with Crippen molar-refractivity contribution in [3.05, 3.63) is 158 Å². The molecular weight excluding hydrogens is 520 g/mol. The molecule has 1 aromatic heterocycles. The summed E-state index contributed by atoms with van der Waals surface area (Å²) in [4.78, 5) is 0. The molecule has 0 bridgehead atoms. The maximum Gasteiger partial charge on any atom is 0.136 e. The smallest absolute Gasteiger partial charge is 0.136 e. The van der Waals surface area contributed by atoms with E-state index in [9.17, 15) is 0 Å².